The highest BCUT2D eigenvalue weighted by Crippen LogP contribution is 2.18. The summed E-state index contributed by atoms with van der Waals surface area (Å²) in [7, 11) is 1.47. The zero-order valence-electron chi connectivity index (χ0n) is 11.1. The topological polar surface area (TPSA) is 92.2 Å². The van der Waals surface area contributed by atoms with Crippen molar-refractivity contribution in [3.05, 3.63) is 28.9 Å². The molecule has 1 aromatic carbocycles. The minimum absolute atomic E-state index is 0.0752. The summed E-state index contributed by atoms with van der Waals surface area (Å²) >= 11 is 0. The number of nitrogens with zero attached hydrogens (tertiary/aromatic N) is 1. The van der Waals surface area contributed by atoms with Gasteiger partial charge in [0.2, 0.25) is 0 Å². The van der Waals surface area contributed by atoms with Gasteiger partial charge in [0, 0.05) is 19.3 Å². The van der Waals surface area contributed by atoms with E-state index in [-0.39, 0.29) is 26.3 Å². The molecule has 1 unspecified atom stereocenters. The number of aliphatic hydroxyl groups is 1. The Hall–Kier alpha value is -1.93. The maximum absolute atomic E-state index is 13.7. The first-order valence-corrected chi connectivity index (χ1v) is 6.06. The molecule has 0 bridgehead atoms. The van der Waals surface area contributed by atoms with Crippen molar-refractivity contribution in [3.8, 4) is 0 Å². The van der Waals surface area contributed by atoms with Crippen LogP contribution < -0.4 is 10.6 Å². The molecule has 20 heavy (non-hydrogen) atoms. The van der Waals surface area contributed by atoms with E-state index in [4.69, 9.17) is 9.84 Å². The first kappa shape index (κ1) is 16.1. The third kappa shape index (κ3) is 5.37. The second kappa shape index (κ2) is 9.05. The van der Waals surface area contributed by atoms with E-state index in [2.05, 4.69) is 20.8 Å². The van der Waals surface area contributed by atoms with E-state index in [0.717, 1.165) is 0 Å². The van der Waals surface area contributed by atoms with Crippen LogP contribution in [-0.4, -0.2) is 44.6 Å². The summed E-state index contributed by atoms with van der Waals surface area (Å²) in [6.07, 6.45) is -0.548. The van der Waals surface area contributed by atoms with Crippen molar-refractivity contribution < 1.29 is 19.1 Å². The predicted octanol–water partition coefficient (Wildman–Crippen LogP) is 1.35. The molecule has 1 atom stereocenters. The predicted molar refractivity (Wildman–Crippen MR) is 73.0 cm³/mol. The van der Waals surface area contributed by atoms with Crippen LogP contribution in [0.1, 0.15) is 0 Å². The Morgan fingerprint density at radius 1 is 1.45 bits per heavy atom. The molecule has 3 N–H and O–H groups in total. The molecule has 0 saturated heterocycles. The van der Waals surface area contributed by atoms with E-state index < -0.39 is 11.9 Å². The van der Waals surface area contributed by atoms with Crippen molar-refractivity contribution in [1.29, 1.82) is 0 Å². The first-order valence-electron chi connectivity index (χ1n) is 6.06. The maximum Gasteiger partial charge on any atom is 0.171 e. The Balaban J connectivity index is 2.55. The van der Waals surface area contributed by atoms with E-state index >= 15 is 0 Å². The van der Waals surface area contributed by atoms with Gasteiger partial charge < -0.3 is 25.3 Å². The van der Waals surface area contributed by atoms with Gasteiger partial charge in [-0.2, -0.15) is 0 Å². The minimum atomic E-state index is -0.548. The molecule has 112 valence electrons. The number of methoxy groups -OCH3 is 1. The van der Waals surface area contributed by atoms with Gasteiger partial charge in [-0.25, -0.2) is 4.39 Å². The number of aliphatic hydroxyl groups excluding tert-OH is 1. The molecule has 0 aliphatic carbocycles. The number of hydrogen-bond donors (Lipinski definition) is 3. The Labute approximate surface area is 116 Å². The maximum atomic E-state index is 13.7. The standard InChI is InChI=1S/C12H18FN3O4/c1-19-8-10(20-16-18)7-15-9-2-3-12(11(13)6-9)14-4-5-17/h2-3,6,10,14-15,17H,4-5,7-8H2,1H3. The lowest BCUT2D eigenvalue weighted by Crippen LogP contribution is -2.26. The molecular weight excluding hydrogens is 269 g/mol. The Bertz CT molecular complexity index is 420. The molecule has 0 amide bonds. The fraction of sp³-hybridized carbons (Fsp3) is 0.500. The molecule has 8 heteroatoms. The van der Waals surface area contributed by atoms with Gasteiger partial charge in [0.15, 0.2) is 11.4 Å². The van der Waals surface area contributed by atoms with Crippen LogP contribution >= 0.6 is 0 Å². The van der Waals surface area contributed by atoms with Crippen LogP contribution in [0.3, 0.4) is 0 Å². The number of rotatable bonds is 10. The van der Waals surface area contributed by atoms with Gasteiger partial charge in [-0.15, -0.1) is 4.91 Å². The van der Waals surface area contributed by atoms with Crippen LogP contribution in [0.25, 0.3) is 0 Å². The van der Waals surface area contributed by atoms with Gasteiger partial charge in [0.1, 0.15) is 5.82 Å². The molecule has 0 spiro atoms. The zero-order valence-corrected chi connectivity index (χ0v) is 11.1. The van der Waals surface area contributed by atoms with E-state index in [1.54, 1.807) is 12.1 Å². The summed E-state index contributed by atoms with van der Waals surface area (Å²) in [5.74, 6) is -0.443. The van der Waals surface area contributed by atoms with E-state index in [9.17, 15) is 9.30 Å². The highest BCUT2D eigenvalue weighted by atomic mass is 19.1. The summed E-state index contributed by atoms with van der Waals surface area (Å²) in [4.78, 5) is 14.6. The third-order valence-electron chi connectivity index (χ3n) is 2.47. The molecule has 0 saturated carbocycles. The molecule has 0 aliphatic rings. The summed E-state index contributed by atoms with van der Waals surface area (Å²) in [5.41, 5.74) is 0.844. The number of hydrogen-bond acceptors (Lipinski definition) is 7. The highest BCUT2D eigenvalue weighted by molar-refractivity contribution is 5.54. The van der Waals surface area contributed by atoms with Gasteiger partial charge in [0.05, 0.1) is 25.4 Å². The van der Waals surface area contributed by atoms with Crippen LogP contribution in [0.2, 0.25) is 0 Å². The van der Waals surface area contributed by atoms with Crippen molar-refractivity contribution in [2.75, 3.05) is 44.0 Å². The van der Waals surface area contributed by atoms with Crippen molar-refractivity contribution in [1.82, 2.24) is 0 Å². The second-order valence-electron chi connectivity index (χ2n) is 3.98. The number of ether oxygens (including phenoxy) is 1. The molecule has 0 aromatic heterocycles. The highest BCUT2D eigenvalue weighted by Gasteiger charge is 2.11. The van der Waals surface area contributed by atoms with Gasteiger partial charge in [0.25, 0.3) is 0 Å². The van der Waals surface area contributed by atoms with E-state index in [0.29, 0.717) is 11.4 Å². The lowest BCUT2D eigenvalue weighted by Gasteiger charge is -2.14. The quantitative estimate of drug-likeness (QED) is 0.444. The van der Waals surface area contributed by atoms with Crippen LogP contribution in [-0.2, 0) is 9.57 Å². The summed E-state index contributed by atoms with van der Waals surface area (Å²) < 4.78 is 18.5. The SMILES string of the molecule is COCC(CNc1ccc(NCCO)c(F)c1)ON=O. The molecule has 7 nitrogen and oxygen atoms in total. The first-order chi connectivity index (χ1) is 9.71. The van der Waals surface area contributed by atoms with Crippen LogP contribution in [0.5, 0.6) is 0 Å². The lowest BCUT2D eigenvalue weighted by atomic mass is 10.2. The number of benzene rings is 1. The van der Waals surface area contributed by atoms with Crippen molar-refractivity contribution >= 4 is 11.4 Å². The van der Waals surface area contributed by atoms with Gasteiger partial charge >= 0.3 is 0 Å². The molecule has 0 fully saturated rings. The van der Waals surface area contributed by atoms with Crippen LogP contribution in [0.4, 0.5) is 15.8 Å². The van der Waals surface area contributed by atoms with Crippen molar-refractivity contribution in [2.24, 2.45) is 5.34 Å². The van der Waals surface area contributed by atoms with Crippen molar-refractivity contribution in [3.63, 3.8) is 0 Å². The van der Waals surface area contributed by atoms with Gasteiger partial charge in [-0.05, 0) is 18.2 Å². The second-order valence-corrected chi connectivity index (χ2v) is 3.98. The number of halogens is 1. The van der Waals surface area contributed by atoms with E-state index in [1.807, 2.05) is 0 Å². The summed E-state index contributed by atoms with van der Waals surface area (Å²) in [6.45, 7) is 0.645. The molecule has 0 aliphatic heterocycles. The number of anilines is 2. The molecule has 0 heterocycles. The van der Waals surface area contributed by atoms with Gasteiger partial charge in [-0.1, -0.05) is 0 Å². The summed E-state index contributed by atoms with van der Waals surface area (Å²) in [5, 5.41) is 16.7. The molecular formula is C12H18FN3O4. The van der Waals surface area contributed by atoms with Crippen molar-refractivity contribution in [2.45, 2.75) is 6.10 Å². The minimum Gasteiger partial charge on any atom is -0.395 e. The monoisotopic (exact) mass is 287 g/mol. The van der Waals surface area contributed by atoms with Gasteiger partial charge in [-0.3, -0.25) is 0 Å². The molecule has 1 aromatic rings. The fourth-order valence-electron chi connectivity index (χ4n) is 1.56. The zero-order chi connectivity index (χ0) is 14.8. The average Bonchev–Trinajstić information content (AvgIpc) is 2.44. The summed E-state index contributed by atoms with van der Waals surface area (Å²) in [6, 6.07) is 4.52. The normalized spacial score (nSPS) is 11.8. The van der Waals surface area contributed by atoms with Crippen LogP contribution in [0.15, 0.2) is 23.5 Å². The smallest absolute Gasteiger partial charge is 0.171 e. The Morgan fingerprint density at radius 3 is 2.85 bits per heavy atom. The molecule has 1 rings (SSSR count). The largest absolute Gasteiger partial charge is 0.395 e. The lowest BCUT2D eigenvalue weighted by molar-refractivity contribution is 0.00648. The Morgan fingerprint density at radius 2 is 2.25 bits per heavy atom. The average molecular weight is 287 g/mol. The third-order valence-corrected chi connectivity index (χ3v) is 2.47. The Kier molecular flexibility index (Phi) is 7.30. The van der Waals surface area contributed by atoms with Crippen LogP contribution in [0, 0.1) is 10.7 Å². The molecule has 0 radical (unpaired) electrons. The fourth-order valence-corrected chi connectivity index (χ4v) is 1.56. The number of nitrogens with one attached hydrogen (secondary N) is 2. The van der Waals surface area contributed by atoms with E-state index in [1.165, 1.54) is 13.2 Å².